The fourth-order valence-electron chi connectivity index (χ4n) is 2.29. The van der Waals surface area contributed by atoms with Crippen LogP contribution in [-0.4, -0.2) is 33.3 Å². The molecule has 10 heteroatoms. The van der Waals surface area contributed by atoms with Crippen molar-refractivity contribution < 1.29 is 16.8 Å². The monoisotopic (exact) mass is 366 g/mol. The van der Waals surface area contributed by atoms with Crippen LogP contribution in [0.1, 0.15) is 0 Å². The van der Waals surface area contributed by atoms with Gasteiger partial charge >= 0.3 is 0 Å². The van der Waals surface area contributed by atoms with Gasteiger partial charge in [0.05, 0.1) is 10.4 Å². The fourth-order valence-corrected chi connectivity index (χ4v) is 4.97. The molecular formula is C14H14N4O4S2. The summed E-state index contributed by atoms with van der Waals surface area (Å²) in [6, 6.07) is 10.1. The number of benzene rings is 2. The van der Waals surface area contributed by atoms with Crippen LogP contribution in [-0.2, 0) is 19.9 Å². The van der Waals surface area contributed by atoms with Gasteiger partial charge < -0.3 is 5.73 Å². The fraction of sp³-hybridized carbons (Fsp3) is 0.0714. The lowest BCUT2D eigenvalue weighted by Crippen LogP contribution is -2.16. The molecule has 3 rings (SSSR count). The average molecular weight is 366 g/mol. The van der Waals surface area contributed by atoms with Crippen molar-refractivity contribution in [1.29, 1.82) is 0 Å². The molecule has 0 atom stereocenters. The van der Waals surface area contributed by atoms with E-state index in [-0.39, 0.29) is 21.3 Å². The van der Waals surface area contributed by atoms with Crippen molar-refractivity contribution in [2.45, 2.75) is 9.79 Å². The third kappa shape index (κ3) is 2.93. The molecule has 0 fully saturated rings. The number of sulfone groups is 1. The summed E-state index contributed by atoms with van der Waals surface area (Å²) in [6.45, 7) is 0. The Morgan fingerprint density at radius 2 is 1.71 bits per heavy atom. The summed E-state index contributed by atoms with van der Waals surface area (Å²) in [5, 5.41) is 7.10. The highest BCUT2D eigenvalue weighted by molar-refractivity contribution is 7.95. The van der Waals surface area contributed by atoms with E-state index in [1.807, 2.05) is 0 Å². The first-order chi connectivity index (χ1) is 11.2. The van der Waals surface area contributed by atoms with Gasteiger partial charge in [0.2, 0.25) is 0 Å². The summed E-state index contributed by atoms with van der Waals surface area (Å²) >= 11 is 0. The molecule has 0 bridgehead atoms. The number of aromatic amines is 1. The van der Waals surface area contributed by atoms with Crippen LogP contribution in [0.5, 0.6) is 0 Å². The van der Waals surface area contributed by atoms with E-state index in [4.69, 9.17) is 5.73 Å². The SMILES string of the molecule is CS(=O)(=O)c1ccccc1S(=O)(=O)Nc1ccc2[nH]nc(N)c2c1. The van der Waals surface area contributed by atoms with Crippen LogP contribution in [0.15, 0.2) is 52.3 Å². The van der Waals surface area contributed by atoms with E-state index in [1.165, 1.54) is 36.4 Å². The minimum atomic E-state index is -4.09. The molecule has 0 amide bonds. The predicted molar refractivity (Wildman–Crippen MR) is 90.9 cm³/mol. The van der Waals surface area contributed by atoms with E-state index in [2.05, 4.69) is 14.9 Å². The molecule has 1 aromatic heterocycles. The molecule has 1 heterocycles. The summed E-state index contributed by atoms with van der Waals surface area (Å²) in [5.41, 5.74) is 6.61. The van der Waals surface area contributed by atoms with Crippen molar-refractivity contribution in [3.63, 3.8) is 0 Å². The summed E-state index contributed by atoms with van der Waals surface area (Å²) in [7, 11) is -7.79. The van der Waals surface area contributed by atoms with Crippen LogP contribution in [0.4, 0.5) is 11.5 Å². The van der Waals surface area contributed by atoms with E-state index >= 15 is 0 Å². The molecule has 24 heavy (non-hydrogen) atoms. The first-order valence-electron chi connectivity index (χ1n) is 6.74. The van der Waals surface area contributed by atoms with Crippen LogP contribution in [0.25, 0.3) is 10.9 Å². The molecule has 2 aromatic carbocycles. The number of anilines is 2. The Morgan fingerprint density at radius 1 is 1.04 bits per heavy atom. The number of rotatable bonds is 4. The molecular weight excluding hydrogens is 352 g/mol. The first-order valence-corrected chi connectivity index (χ1v) is 10.1. The van der Waals surface area contributed by atoms with Gasteiger partial charge in [0.25, 0.3) is 10.0 Å². The van der Waals surface area contributed by atoms with Gasteiger partial charge in [-0.05, 0) is 30.3 Å². The lowest BCUT2D eigenvalue weighted by molar-refractivity contribution is 0.588. The summed E-state index contributed by atoms with van der Waals surface area (Å²) < 4.78 is 51.2. The van der Waals surface area contributed by atoms with Crippen molar-refractivity contribution >= 4 is 42.3 Å². The van der Waals surface area contributed by atoms with Crippen molar-refractivity contribution in [3.8, 4) is 0 Å². The number of hydrogen-bond acceptors (Lipinski definition) is 6. The maximum atomic E-state index is 12.6. The number of hydrogen-bond donors (Lipinski definition) is 3. The maximum Gasteiger partial charge on any atom is 0.263 e. The molecule has 0 saturated heterocycles. The van der Waals surface area contributed by atoms with Crippen LogP contribution < -0.4 is 10.5 Å². The Hall–Kier alpha value is -2.59. The van der Waals surface area contributed by atoms with Gasteiger partial charge in [0.1, 0.15) is 4.90 Å². The topological polar surface area (TPSA) is 135 Å². The molecule has 4 N–H and O–H groups in total. The van der Waals surface area contributed by atoms with E-state index in [0.29, 0.717) is 10.9 Å². The Bertz CT molecular complexity index is 1130. The Balaban J connectivity index is 2.07. The van der Waals surface area contributed by atoms with Crippen molar-refractivity contribution in [2.75, 3.05) is 16.7 Å². The highest BCUT2D eigenvalue weighted by Gasteiger charge is 2.23. The normalized spacial score (nSPS) is 12.4. The largest absolute Gasteiger partial charge is 0.382 e. The third-order valence-electron chi connectivity index (χ3n) is 3.38. The van der Waals surface area contributed by atoms with Gasteiger partial charge in [-0.1, -0.05) is 12.1 Å². The van der Waals surface area contributed by atoms with Gasteiger partial charge in [-0.2, -0.15) is 5.10 Å². The lowest BCUT2D eigenvalue weighted by Gasteiger charge is -2.11. The van der Waals surface area contributed by atoms with Crippen LogP contribution in [0, 0.1) is 0 Å². The Kier molecular flexibility index (Phi) is 3.73. The van der Waals surface area contributed by atoms with E-state index < -0.39 is 19.9 Å². The highest BCUT2D eigenvalue weighted by Crippen LogP contribution is 2.26. The predicted octanol–water partition coefficient (Wildman–Crippen LogP) is 1.35. The number of sulfonamides is 1. The molecule has 126 valence electrons. The zero-order valence-electron chi connectivity index (χ0n) is 12.5. The molecule has 0 unspecified atom stereocenters. The van der Waals surface area contributed by atoms with Crippen LogP contribution in [0.2, 0.25) is 0 Å². The summed E-state index contributed by atoms with van der Waals surface area (Å²) in [6.07, 6.45) is 0.958. The second kappa shape index (κ2) is 5.49. The van der Waals surface area contributed by atoms with Gasteiger partial charge in [0, 0.05) is 17.3 Å². The third-order valence-corrected chi connectivity index (χ3v) is 6.11. The quantitative estimate of drug-likeness (QED) is 0.638. The summed E-state index contributed by atoms with van der Waals surface area (Å²) in [5.74, 6) is 0.239. The van der Waals surface area contributed by atoms with Crippen molar-refractivity contribution in [3.05, 3.63) is 42.5 Å². The standard InChI is InChI=1S/C14H14N4O4S2/c1-23(19,20)12-4-2-3-5-13(12)24(21,22)18-9-6-7-11-10(8-9)14(15)17-16-11/h2-8,18H,1H3,(H3,15,16,17). The lowest BCUT2D eigenvalue weighted by atomic mass is 10.2. The number of nitrogen functional groups attached to an aromatic ring is 1. The average Bonchev–Trinajstić information content (AvgIpc) is 2.87. The van der Waals surface area contributed by atoms with Gasteiger partial charge in [-0.25, -0.2) is 16.8 Å². The zero-order chi connectivity index (χ0) is 17.5. The smallest absolute Gasteiger partial charge is 0.263 e. The van der Waals surface area contributed by atoms with Crippen molar-refractivity contribution in [2.24, 2.45) is 0 Å². The number of nitrogens with one attached hydrogen (secondary N) is 2. The zero-order valence-corrected chi connectivity index (χ0v) is 14.1. The molecule has 0 spiro atoms. The molecule has 0 aliphatic rings. The molecule has 0 saturated carbocycles. The minimum absolute atomic E-state index is 0.239. The Morgan fingerprint density at radius 3 is 2.38 bits per heavy atom. The van der Waals surface area contributed by atoms with Crippen molar-refractivity contribution in [1.82, 2.24) is 10.2 Å². The second-order valence-corrected chi connectivity index (χ2v) is 8.83. The minimum Gasteiger partial charge on any atom is -0.382 e. The number of nitrogens with zero attached hydrogens (tertiary/aromatic N) is 1. The first kappa shape index (κ1) is 16.3. The number of nitrogens with two attached hydrogens (primary N) is 1. The van der Waals surface area contributed by atoms with Crippen LogP contribution in [0.3, 0.4) is 0 Å². The summed E-state index contributed by atoms with van der Waals surface area (Å²) in [4.78, 5) is -0.575. The number of fused-ring (bicyclic) bond motifs is 1. The second-order valence-electron chi connectivity index (χ2n) is 5.19. The highest BCUT2D eigenvalue weighted by atomic mass is 32.2. The van der Waals surface area contributed by atoms with E-state index in [9.17, 15) is 16.8 Å². The van der Waals surface area contributed by atoms with E-state index in [0.717, 1.165) is 6.26 Å². The molecule has 0 radical (unpaired) electrons. The number of H-pyrrole nitrogens is 1. The molecule has 3 aromatic rings. The maximum absolute atomic E-state index is 12.6. The number of aromatic nitrogens is 2. The molecule has 0 aliphatic heterocycles. The molecule has 8 nitrogen and oxygen atoms in total. The van der Waals surface area contributed by atoms with Gasteiger partial charge in [-0.15, -0.1) is 0 Å². The van der Waals surface area contributed by atoms with Gasteiger partial charge in [0.15, 0.2) is 15.7 Å². The van der Waals surface area contributed by atoms with Gasteiger partial charge in [-0.3, -0.25) is 9.82 Å². The Labute approximate surface area is 138 Å². The molecule has 0 aliphatic carbocycles. The van der Waals surface area contributed by atoms with E-state index in [1.54, 1.807) is 6.07 Å². The van der Waals surface area contributed by atoms with Crippen LogP contribution >= 0.6 is 0 Å².